The molecular formula is C13H10BrN5. The molecule has 0 atom stereocenters. The molecule has 0 bridgehead atoms. The van der Waals surface area contributed by atoms with Crippen molar-refractivity contribution >= 4 is 21.6 Å². The molecule has 3 rings (SSSR count). The molecule has 0 unspecified atom stereocenters. The normalized spacial score (nSPS) is 10.6. The maximum atomic E-state index is 5.78. The van der Waals surface area contributed by atoms with Gasteiger partial charge in [-0.1, -0.05) is 30.3 Å². The van der Waals surface area contributed by atoms with Crippen molar-refractivity contribution in [3.63, 3.8) is 0 Å². The summed E-state index contributed by atoms with van der Waals surface area (Å²) in [6, 6.07) is 15.4. The van der Waals surface area contributed by atoms with Gasteiger partial charge >= 0.3 is 0 Å². The fourth-order valence-corrected chi connectivity index (χ4v) is 2.14. The lowest BCUT2D eigenvalue weighted by Gasteiger charge is -2.06. The van der Waals surface area contributed by atoms with Crippen molar-refractivity contribution in [2.45, 2.75) is 0 Å². The summed E-state index contributed by atoms with van der Waals surface area (Å²) in [5.41, 5.74) is 8.27. The first-order valence-electron chi connectivity index (χ1n) is 5.65. The van der Waals surface area contributed by atoms with E-state index in [4.69, 9.17) is 5.73 Å². The molecule has 0 saturated carbocycles. The number of tetrazole rings is 1. The predicted molar refractivity (Wildman–Crippen MR) is 76.7 cm³/mol. The third kappa shape index (κ3) is 2.22. The van der Waals surface area contributed by atoms with Crippen LogP contribution in [-0.4, -0.2) is 20.2 Å². The fourth-order valence-electron chi connectivity index (χ4n) is 1.78. The maximum absolute atomic E-state index is 5.78. The number of nitrogen functional groups attached to an aromatic ring is 1. The average molecular weight is 316 g/mol. The Bertz CT molecular complexity index is 708. The Labute approximate surface area is 118 Å². The smallest absolute Gasteiger partial charge is 0.187 e. The van der Waals surface area contributed by atoms with Gasteiger partial charge in [-0.3, -0.25) is 0 Å². The fraction of sp³-hybridized carbons (Fsp3) is 0. The molecule has 0 aliphatic rings. The molecular weight excluding hydrogens is 306 g/mol. The summed E-state index contributed by atoms with van der Waals surface area (Å²) in [6.45, 7) is 0. The maximum Gasteiger partial charge on any atom is 0.187 e. The minimum absolute atomic E-state index is 0.679. The number of hydrogen-bond acceptors (Lipinski definition) is 4. The van der Waals surface area contributed by atoms with Gasteiger partial charge in [0.05, 0.1) is 5.69 Å². The Balaban J connectivity index is 2.12. The van der Waals surface area contributed by atoms with Crippen molar-refractivity contribution in [1.29, 1.82) is 0 Å². The van der Waals surface area contributed by atoms with Crippen LogP contribution in [-0.2, 0) is 0 Å². The number of rotatable bonds is 2. The lowest BCUT2D eigenvalue weighted by molar-refractivity contribution is 0.791. The minimum Gasteiger partial charge on any atom is -0.398 e. The first kappa shape index (κ1) is 11.9. The second-order valence-corrected chi connectivity index (χ2v) is 4.84. The van der Waals surface area contributed by atoms with E-state index < -0.39 is 0 Å². The molecule has 19 heavy (non-hydrogen) atoms. The third-order valence-electron chi connectivity index (χ3n) is 2.73. The second-order valence-electron chi connectivity index (χ2n) is 3.99. The highest BCUT2D eigenvalue weighted by Crippen LogP contribution is 2.24. The quantitative estimate of drug-likeness (QED) is 0.738. The molecule has 3 aromatic rings. The van der Waals surface area contributed by atoms with Crippen LogP contribution in [0.1, 0.15) is 0 Å². The zero-order valence-corrected chi connectivity index (χ0v) is 11.4. The molecule has 0 radical (unpaired) electrons. The van der Waals surface area contributed by atoms with Crippen LogP contribution < -0.4 is 5.73 Å². The number of anilines is 1. The number of halogens is 1. The van der Waals surface area contributed by atoms with Crippen molar-refractivity contribution in [3.8, 4) is 17.1 Å². The highest BCUT2D eigenvalue weighted by molar-refractivity contribution is 9.10. The van der Waals surface area contributed by atoms with Gasteiger partial charge < -0.3 is 5.73 Å². The molecule has 0 saturated heterocycles. The van der Waals surface area contributed by atoms with Gasteiger partial charge in [-0.15, -0.1) is 5.10 Å². The Kier molecular flexibility index (Phi) is 3.00. The van der Waals surface area contributed by atoms with Crippen LogP contribution in [0.2, 0.25) is 0 Å². The average Bonchev–Trinajstić information content (AvgIpc) is 2.92. The van der Waals surface area contributed by atoms with Crippen LogP contribution in [0.15, 0.2) is 53.0 Å². The van der Waals surface area contributed by atoms with Gasteiger partial charge in [-0.2, -0.15) is 4.68 Å². The SMILES string of the molecule is Nc1ccc(-n2nnnc2-c2ccccc2)cc1Br. The van der Waals surface area contributed by atoms with Crippen molar-refractivity contribution in [2.75, 3.05) is 5.73 Å². The number of nitrogens with zero attached hydrogens (tertiary/aromatic N) is 4. The second kappa shape index (κ2) is 4.81. The summed E-state index contributed by atoms with van der Waals surface area (Å²) in [5, 5.41) is 11.8. The first-order chi connectivity index (χ1) is 9.25. The van der Waals surface area contributed by atoms with E-state index in [0.717, 1.165) is 15.7 Å². The first-order valence-corrected chi connectivity index (χ1v) is 6.44. The summed E-state index contributed by atoms with van der Waals surface area (Å²) >= 11 is 3.41. The van der Waals surface area contributed by atoms with Crippen LogP contribution in [0.25, 0.3) is 17.1 Å². The van der Waals surface area contributed by atoms with Crippen LogP contribution in [0.5, 0.6) is 0 Å². The van der Waals surface area contributed by atoms with Crippen molar-refractivity contribution < 1.29 is 0 Å². The molecule has 6 heteroatoms. The van der Waals surface area contributed by atoms with Crippen LogP contribution in [0.3, 0.4) is 0 Å². The Morgan fingerprint density at radius 2 is 1.84 bits per heavy atom. The van der Waals surface area contributed by atoms with E-state index in [-0.39, 0.29) is 0 Å². The van der Waals surface area contributed by atoms with Gasteiger partial charge in [0.2, 0.25) is 0 Å². The predicted octanol–water partition coefficient (Wildman–Crippen LogP) is 2.67. The Hall–Kier alpha value is -2.21. The van der Waals surface area contributed by atoms with Gasteiger partial charge in [0.1, 0.15) is 0 Å². The van der Waals surface area contributed by atoms with E-state index in [0.29, 0.717) is 11.5 Å². The van der Waals surface area contributed by atoms with E-state index in [1.807, 2.05) is 48.5 Å². The largest absolute Gasteiger partial charge is 0.398 e. The highest BCUT2D eigenvalue weighted by atomic mass is 79.9. The van der Waals surface area contributed by atoms with Gasteiger partial charge in [0.25, 0.3) is 0 Å². The molecule has 94 valence electrons. The summed E-state index contributed by atoms with van der Waals surface area (Å²) in [5.74, 6) is 0.692. The van der Waals surface area contributed by atoms with E-state index in [9.17, 15) is 0 Å². The number of aromatic nitrogens is 4. The molecule has 0 fully saturated rings. The number of hydrogen-bond donors (Lipinski definition) is 1. The Morgan fingerprint density at radius 1 is 1.05 bits per heavy atom. The zero-order chi connectivity index (χ0) is 13.2. The summed E-state index contributed by atoms with van der Waals surface area (Å²) in [4.78, 5) is 0. The van der Waals surface area contributed by atoms with Crippen LogP contribution in [0.4, 0.5) is 5.69 Å². The lowest BCUT2D eigenvalue weighted by Crippen LogP contribution is -2.00. The molecule has 0 aliphatic carbocycles. The van der Waals surface area contributed by atoms with Crippen molar-refractivity contribution in [3.05, 3.63) is 53.0 Å². The van der Waals surface area contributed by atoms with Gasteiger partial charge in [-0.25, -0.2) is 0 Å². The summed E-state index contributed by atoms with van der Waals surface area (Å²) in [6.07, 6.45) is 0. The van der Waals surface area contributed by atoms with E-state index in [1.165, 1.54) is 0 Å². The summed E-state index contributed by atoms with van der Waals surface area (Å²) < 4.78 is 2.50. The minimum atomic E-state index is 0.679. The molecule has 5 nitrogen and oxygen atoms in total. The van der Waals surface area contributed by atoms with E-state index in [2.05, 4.69) is 31.5 Å². The number of nitrogens with two attached hydrogens (primary N) is 1. The molecule has 2 aromatic carbocycles. The lowest BCUT2D eigenvalue weighted by atomic mass is 10.2. The van der Waals surface area contributed by atoms with Crippen LogP contribution >= 0.6 is 15.9 Å². The molecule has 0 amide bonds. The molecule has 0 aliphatic heterocycles. The highest BCUT2D eigenvalue weighted by Gasteiger charge is 2.11. The van der Waals surface area contributed by atoms with E-state index >= 15 is 0 Å². The molecule has 1 heterocycles. The van der Waals surface area contributed by atoms with Gasteiger partial charge in [0, 0.05) is 15.7 Å². The van der Waals surface area contributed by atoms with Crippen molar-refractivity contribution in [1.82, 2.24) is 20.2 Å². The van der Waals surface area contributed by atoms with Gasteiger partial charge in [-0.05, 0) is 44.6 Å². The topological polar surface area (TPSA) is 69.6 Å². The molecule has 1 aromatic heterocycles. The molecule has 2 N–H and O–H groups in total. The summed E-state index contributed by atoms with van der Waals surface area (Å²) in [7, 11) is 0. The van der Waals surface area contributed by atoms with Crippen molar-refractivity contribution in [2.24, 2.45) is 0 Å². The molecule has 0 spiro atoms. The van der Waals surface area contributed by atoms with E-state index in [1.54, 1.807) is 4.68 Å². The monoisotopic (exact) mass is 315 g/mol. The third-order valence-corrected chi connectivity index (χ3v) is 3.42. The standard InChI is InChI=1S/C13H10BrN5/c14-11-8-10(6-7-12(11)15)19-13(16-17-18-19)9-4-2-1-3-5-9/h1-8H,15H2. The zero-order valence-electron chi connectivity index (χ0n) is 9.86. The Morgan fingerprint density at radius 3 is 2.58 bits per heavy atom. The number of benzene rings is 2. The van der Waals surface area contributed by atoms with Gasteiger partial charge in [0.15, 0.2) is 5.82 Å². The van der Waals surface area contributed by atoms with Crippen LogP contribution in [0, 0.1) is 0 Å².